The molecule has 0 fully saturated rings. The number of benzene rings is 1. The molecule has 0 aliphatic heterocycles. The van der Waals surface area contributed by atoms with Crippen LogP contribution in [0.5, 0.6) is 0 Å². The van der Waals surface area contributed by atoms with E-state index in [1.807, 2.05) is 46.8 Å². The maximum absolute atomic E-state index is 12.0. The Morgan fingerprint density at radius 3 is 2.47 bits per heavy atom. The fourth-order valence-electron chi connectivity index (χ4n) is 1.76. The van der Waals surface area contributed by atoms with E-state index in [9.17, 15) is 4.79 Å². The van der Waals surface area contributed by atoms with E-state index in [2.05, 4.69) is 13.9 Å². The van der Waals surface area contributed by atoms with Crippen molar-refractivity contribution in [3.63, 3.8) is 0 Å². The highest BCUT2D eigenvalue weighted by atomic mass is 16.6. The van der Waals surface area contributed by atoms with Crippen LogP contribution in [-0.4, -0.2) is 19.4 Å². The van der Waals surface area contributed by atoms with E-state index in [-0.39, 0.29) is 11.9 Å². The van der Waals surface area contributed by atoms with Crippen molar-refractivity contribution in [3.05, 3.63) is 29.3 Å². The Balaban J connectivity index is 2.93. The molecule has 3 heteroatoms. The minimum Gasteiger partial charge on any atom is -0.460 e. The van der Waals surface area contributed by atoms with Gasteiger partial charge in [-0.15, -0.1) is 0 Å². The summed E-state index contributed by atoms with van der Waals surface area (Å²) in [5, 5.41) is 0. The summed E-state index contributed by atoms with van der Waals surface area (Å²) in [5.41, 5.74) is 3.01. The molecule has 1 rings (SSSR count). The number of carbonyl (C=O) groups is 1. The van der Waals surface area contributed by atoms with E-state index in [1.54, 1.807) is 0 Å². The van der Waals surface area contributed by atoms with Crippen molar-refractivity contribution in [1.29, 1.82) is 0 Å². The molecule has 0 amide bonds. The number of rotatable bonds is 2. The summed E-state index contributed by atoms with van der Waals surface area (Å²) in [5.74, 6) is -0.375. The summed E-state index contributed by atoms with van der Waals surface area (Å²) in [6.45, 7) is 9.61. The maximum atomic E-state index is 12.0. The molecule has 0 saturated carbocycles. The Morgan fingerprint density at radius 1 is 1.35 bits per heavy atom. The maximum Gasteiger partial charge on any atom is 0.313 e. The lowest BCUT2D eigenvalue weighted by atomic mass is 9.85. The summed E-state index contributed by atoms with van der Waals surface area (Å²) >= 11 is 0. The molecule has 1 aromatic carbocycles. The lowest BCUT2D eigenvalue weighted by molar-refractivity contribution is -0.156. The molecule has 92 valence electrons. The summed E-state index contributed by atoms with van der Waals surface area (Å²) in [4.78, 5) is 12.0. The van der Waals surface area contributed by atoms with Gasteiger partial charge in [-0.3, -0.25) is 4.79 Å². The largest absolute Gasteiger partial charge is 0.460 e. The number of hydrogen-bond acceptors (Lipinski definition) is 2. The van der Waals surface area contributed by atoms with Crippen molar-refractivity contribution in [2.24, 2.45) is 0 Å². The first kappa shape index (κ1) is 13.8. The molecule has 0 N–H and O–H groups in total. The highest BCUT2D eigenvalue weighted by Gasteiger charge is 2.24. The predicted molar refractivity (Wildman–Crippen MR) is 73.6 cm³/mol. The fourth-order valence-corrected chi connectivity index (χ4v) is 1.76. The average molecular weight is 232 g/mol. The summed E-state index contributed by atoms with van der Waals surface area (Å²) in [6.07, 6.45) is 0. The van der Waals surface area contributed by atoms with Gasteiger partial charge in [0.25, 0.3) is 0 Å². The Hall–Kier alpha value is -1.25. The third kappa shape index (κ3) is 3.62. The first-order valence-corrected chi connectivity index (χ1v) is 6.01. The van der Waals surface area contributed by atoms with Gasteiger partial charge in [-0.25, -0.2) is 0 Å². The number of hydrogen-bond donors (Lipinski definition) is 0. The number of esters is 1. The van der Waals surface area contributed by atoms with Crippen molar-refractivity contribution in [1.82, 2.24) is 0 Å². The second kappa shape index (κ2) is 4.95. The smallest absolute Gasteiger partial charge is 0.313 e. The van der Waals surface area contributed by atoms with Gasteiger partial charge in [0.15, 0.2) is 0 Å². The first-order valence-electron chi connectivity index (χ1n) is 6.01. The van der Waals surface area contributed by atoms with E-state index in [0.717, 1.165) is 5.56 Å². The van der Waals surface area contributed by atoms with Crippen molar-refractivity contribution in [2.45, 2.75) is 46.1 Å². The van der Waals surface area contributed by atoms with Crippen LogP contribution in [0.15, 0.2) is 18.2 Å². The molecule has 0 aliphatic rings. The van der Waals surface area contributed by atoms with Gasteiger partial charge in [0, 0.05) is 0 Å². The first-order chi connectivity index (χ1) is 7.72. The SMILES string of the molecule is Bc1cccc(C(C)C(=O)OC(C)(C)C)c1C. The van der Waals surface area contributed by atoms with Gasteiger partial charge in [-0.2, -0.15) is 0 Å². The zero-order chi connectivity index (χ0) is 13.2. The summed E-state index contributed by atoms with van der Waals surface area (Å²) in [7, 11) is 2.06. The van der Waals surface area contributed by atoms with Crippen LogP contribution in [0.4, 0.5) is 0 Å². The Kier molecular flexibility index (Phi) is 4.02. The predicted octanol–water partition coefficient (Wildman–Crippen LogP) is 1.70. The molecule has 2 nitrogen and oxygen atoms in total. The molecule has 0 radical (unpaired) electrons. The molecule has 0 spiro atoms. The number of carbonyl (C=O) groups excluding carboxylic acids is 1. The second-order valence-electron chi connectivity index (χ2n) is 5.54. The van der Waals surface area contributed by atoms with Crippen LogP contribution in [0.25, 0.3) is 0 Å². The summed E-state index contributed by atoms with van der Waals surface area (Å²) in [6, 6.07) is 6.04. The Bertz CT molecular complexity index is 419. The monoisotopic (exact) mass is 232 g/mol. The van der Waals surface area contributed by atoms with Crippen LogP contribution in [0.3, 0.4) is 0 Å². The van der Waals surface area contributed by atoms with Gasteiger partial charge < -0.3 is 4.74 Å². The minimum atomic E-state index is -0.428. The molecule has 0 saturated heterocycles. The molecule has 1 atom stereocenters. The molecule has 17 heavy (non-hydrogen) atoms. The third-order valence-electron chi connectivity index (χ3n) is 2.87. The van der Waals surface area contributed by atoms with Crippen LogP contribution < -0.4 is 5.46 Å². The van der Waals surface area contributed by atoms with Crippen molar-refractivity contribution < 1.29 is 9.53 Å². The zero-order valence-electron chi connectivity index (χ0n) is 11.6. The molecule has 1 aromatic rings. The van der Waals surface area contributed by atoms with Crippen LogP contribution in [0.1, 0.15) is 44.7 Å². The van der Waals surface area contributed by atoms with Gasteiger partial charge >= 0.3 is 5.97 Å². The van der Waals surface area contributed by atoms with Crippen LogP contribution in [0, 0.1) is 6.92 Å². The highest BCUT2D eigenvalue weighted by molar-refractivity contribution is 6.33. The molecular formula is C14H21BO2. The molecule has 0 aromatic heterocycles. The molecule has 0 heterocycles. The molecular weight excluding hydrogens is 211 g/mol. The molecule has 0 bridgehead atoms. The zero-order valence-corrected chi connectivity index (χ0v) is 11.6. The van der Waals surface area contributed by atoms with E-state index in [4.69, 9.17) is 4.74 Å². The summed E-state index contributed by atoms with van der Waals surface area (Å²) < 4.78 is 5.41. The quantitative estimate of drug-likeness (QED) is 0.573. The van der Waals surface area contributed by atoms with E-state index in [0.29, 0.717) is 0 Å². The third-order valence-corrected chi connectivity index (χ3v) is 2.87. The molecule has 1 unspecified atom stereocenters. The van der Waals surface area contributed by atoms with Gasteiger partial charge in [-0.05, 0) is 40.2 Å². The fraction of sp³-hybridized carbons (Fsp3) is 0.500. The lowest BCUT2D eigenvalue weighted by Gasteiger charge is -2.23. The van der Waals surface area contributed by atoms with Crippen molar-refractivity contribution in [2.75, 3.05) is 0 Å². The molecule has 0 aliphatic carbocycles. The minimum absolute atomic E-state index is 0.161. The van der Waals surface area contributed by atoms with E-state index < -0.39 is 5.60 Å². The van der Waals surface area contributed by atoms with Crippen molar-refractivity contribution in [3.8, 4) is 0 Å². The van der Waals surface area contributed by atoms with Crippen LogP contribution in [0.2, 0.25) is 0 Å². The van der Waals surface area contributed by atoms with Crippen molar-refractivity contribution >= 4 is 19.3 Å². The number of ether oxygens (including phenoxy) is 1. The van der Waals surface area contributed by atoms with E-state index in [1.165, 1.54) is 11.0 Å². The van der Waals surface area contributed by atoms with Gasteiger partial charge in [0.2, 0.25) is 0 Å². The second-order valence-corrected chi connectivity index (χ2v) is 5.54. The standard InChI is InChI=1S/C14H21BO2/c1-9-11(7-6-8-12(9)15)10(2)13(16)17-14(3,4)5/h6-8,10H,15H2,1-5H3. The Morgan fingerprint density at radius 2 is 1.94 bits per heavy atom. The van der Waals surface area contributed by atoms with Crippen LogP contribution >= 0.6 is 0 Å². The van der Waals surface area contributed by atoms with Crippen LogP contribution in [-0.2, 0) is 9.53 Å². The lowest BCUT2D eigenvalue weighted by Crippen LogP contribution is -2.27. The topological polar surface area (TPSA) is 26.3 Å². The average Bonchev–Trinajstić information content (AvgIpc) is 2.18. The van der Waals surface area contributed by atoms with Gasteiger partial charge in [0.1, 0.15) is 13.4 Å². The van der Waals surface area contributed by atoms with Gasteiger partial charge in [-0.1, -0.05) is 29.2 Å². The normalized spacial score (nSPS) is 13.2. The highest BCUT2D eigenvalue weighted by Crippen LogP contribution is 2.22. The van der Waals surface area contributed by atoms with E-state index >= 15 is 0 Å². The Labute approximate surface area is 105 Å². The van der Waals surface area contributed by atoms with Gasteiger partial charge in [0.05, 0.1) is 5.92 Å².